The molecule has 0 aromatic heterocycles. The van der Waals surface area contributed by atoms with E-state index in [0.717, 1.165) is 22.9 Å². The number of thiocarbonyl (C=S) groups is 1. The third-order valence-electron chi connectivity index (χ3n) is 4.68. The molecule has 2 N–H and O–H groups in total. The Balaban J connectivity index is 1.34. The fourth-order valence-electron chi connectivity index (χ4n) is 2.99. The quantitative estimate of drug-likeness (QED) is 0.224. The second kappa shape index (κ2) is 11.9. The summed E-state index contributed by atoms with van der Waals surface area (Å²) in [6.45, 7) is 0.527. The number of nitrogens with zero attached hydrogens (tertiary/aromatic N) is 1. The summed E-state index contributed by atoms with van der Waals surface area (Å²) in [5.74, 6) is -0.701. The van der Waals surface area contributed by atoms with Crippen molar-refractivity contribution >= 4 is 68.0 Å². The molecular weight excluding hydrogens is 510 g/mol. The summed E-state index contributed by atoms with van der Waals surface area (Å²) < 4.78 is 1.43. The van der Waals surface area contributed by atoms with Crippen molar-refractivity contribution in [2.24, 2.45) is 0 Å². The van der Waals surface area contributed by atoms with E-state index in [1.54, 1.807) is 29.2 Å². The molecule has 3 rings (SSSR count). The van der Waals surface area contributed by atoms with Crippen molar-refractivity contribution < 1.29 is 14.4 Å². The lowest BCUT2D eigenvalue weighted by Gasteiger charge is -2.14. The van der Waals surface area contributed by atoms with Gasteiger partial charge in [-0.3, -0.25) is 30.1 Å². The van der Waals surface area contributed by atoms with Crippen LogP contribution in [0.1, 0.15) is 41.6 Å². The Morgan fingerprint density at radius 3 is 2.44 bits per heavy atom. The zero-order chi connectivity index (χ0) is 22.9. The van der Waals surface area contributed by atoms with Gasteiger partial charge in [0, 0.05) is 23.0 Å². The first-order valence-corrected chi connectivity index (χ1v) is 12.1. The molecule has 1 fully saturated rings. The number of rotatable bonds is 8. The van der Waals surface area contributed by atoms with Gasteiger partial charge < -0.3 is 0 Å². The number of thioether (sulfide) groups is 1. The van der Waals surface area contributed by atoms with Crippen LogP contribution in [0.3, 0.4) is 0 Å². The van der Waals surface area contributed by atoms with E-state index in [1.165, 1.54) is 11.8 Å². The van der Waals surface area contributed by atoms with Crippen molar-refractivity contribution in [1.82, 2.24) is 15.8 Å². The van der Waals surface area contributed by atoms with Crippen LogP contribution >= 0.6 is 39.9 Å². The molecule has 2 aromatic carbocycles. The van der Waals surface area contributed by atoms with Gasteiger partial charge in [-0.05, 0) is 48.7 Å². The Morgan fingerprint density at radius 1 is 1.00 bits per heavy atom. The van der Waals surface area contributed by atoms with Gasteiger partial charge >= 0.3 is 0 Å². The summed E-state index contributed by atoms with van der Waals surface area (Å²) >= 11 is 9.98. The molecule has 0 bridgehead atoms. The number of carbonyl (C=O) groups excluding carboxylic acids is 3. The molecule has 6 nitrogen and oxygen atoms in total. The molecule has 1 aliphatic heterocycles. The topological polar surface area (TPSA) is 78.5 Å². The Kier molecular flexibility index (Phi) is 9.01. The number of hydrazine groups is 1. The van der Waals surface area contributed by atoms with Gasteiger partial charge in [0.1, 0.15) is 4.32 Å². The molecule has 2 aromatic rings. The molecule has 0 atom stereocenters. The SMILES string of the molecule is O=C(CCCCCN1C(=O)C(=Cc2ccccc2)SC1=S)NNC(=O)c1ccc(Br)cc1. The predicted octanol–water partition coefficient (Wildman–Crippen LogP) is 4.67. The summed E-state index contributed by atoms with van der Waals surface area (Å²) in [6.07, 6.45) is 4.29. The number of amides is 3. The third kappa shape index (κ3) is 7.01. The lowest BCUT2D eigenvalue weighted by Crippen LogP contribution is -2.41. The second-order valence-corrected chi connectivity index (χ2v) is 9.66. The van der Waals surface area contributed by atoms with E-state index >= 15 is 0 Å². The van der Waals surface area contributed by atoms with Gasteiger partial charge in [0.15, 0.2) is 0 Å². The van der Waals surface area contributed by atoms with E-state index in [2.05, 4.69) is 26.8 Å². The van der Waals surface area contributed by atoms with Crippen molar-refractivity contribution in [3.63, 3.8) is 0 Å². The van der Waals surface area contributed by atoms with Gasteiger partial charge in [0.05, 0.1) is 4.91 Å². The fraction of sp³-hybridized carbons (Fsp3) is 0.217. The van der Waals surface area contributed by atoms with E-state index < -0.39 is 0 Å². The third-order valence-corrected chi connectivity index (χ3v) is 6.58. The Hall–Kier alpha value is -2.49. The molecule has 3 amide bonds. The largest absolute Gasteiger partial charge is 0.293 e. The zero-order valence-corrected chi connectivity index (χ0v) is 20.4. The monoisotopic (exact) mass is 531 g/mol. The van der Waals surface area contributed by atoms with Crippen LogP contribution in [0.25, 0.3) is 6.08 Å². The van der Waals surface area contributed by atoms with Crippen LogP contribution in [0.4, 0.5) is 0 Å². The molecule has 1 aliphatic rings. The van der Waals surface area contributed by atoms with E-state index in [9.17, 15) is 14.4 Å². The van der Waals surface area contributed by atoms with E-state index in [-0.39, 0.29) is 24.1 Å². The predicted molar refractivity (Wildman–Crippen MR) is 135 cm³/mol. The number of hydrogen-bond donors (Lipinski definition) is 2. The molecule has 0 unspecified atom stereocenters. The highest BCUT2D eigenvalue weighted by molar-refractivity contribution is 9.10. The van der Waals surface area contributed by atoms with Crippen LogP contribution in [0.2, 0.25) is 0 Å². The van der Waals surface area contributed by atoms with Crippen LogP contribution in [-0.4, -0.2) is 33.5 Å². The standard InChI is InChI=1S/C23H22BrN3O3S2/c24-18-12-10-17(11-13-18)21(29)26-25-20(28)9-5-2-6-14-27-22(30)19(32-23(27)31)15-16-7-3-1-4-8-16/h1,3-4,7-8,10-13,15H,2,5-6,9,14H2,(H,25,28)(H,26,29). The van der Waals surface area contributed by atoms with Gasteiger partial charge in [-0.1, -0.05) is 76.7 Å². The number of carbonyl (C=O) groups is 3. The van der Waals surface area contributed by atoms with E-state index in [4.69, 9.17) is 12.2 Å². The maximum Gasteiger partial charge on any atom is 0.269 e. The van der Waals surface area contributed by atoms with Crippen molar-refractivity contribution in [3.8, 4) is 0 Å². The number of benzene rings is 2. The molecule has 166 valence electrons. The first-order chi connectivity index (χ1) is 15.4. The first-order valence-electron chi connectivity index (χ1n) is 10.1. The average Bonchev–Trinajstić information content (AvgIpc) is 3.05. The van der Waals surface area contributed by atoms with Gasteiger partial charge in [-0.25, -0.2) is 0 Å². The highest BCUT2D eigenvalue weighted by Crippen LogP contribution is 2.32. The Labute approximate surface area is 204 Å². The summed E-state index contributed by atoms with van der Waals surface area (Å²) in [7, 11) is 0. The highest BCUT2D eigenvalue weighted by Gasteiger charge is 2.31. The van der Waals surface area contributed by atoms with Crippen LogP contribution < -0.4 is 10.9 Å². The summed E-state index contributed by atoms with van der Waals surface area (Å²) in [5, 5.41) is 0. The maximum atomic E-state index is 12.6. The molecule has 0 spiro atoms. The molecule has 0 aliphatic carbocycles. The van der Waals surface area contributed by atoms with Gasteiger partial charge in [-0.15, -0.1) is 0 Å². The molecule has 9 heteroatoms. The van der Waals surface area contributed by atoms with Crippen molar-refractivity contribution in [3.05, 3.63) is 75.1 Å². The number of halogens is 1. The molecule has 32 heavy (non-hydrogen) atoms. The minimum atomic E-state index is -0.372. The molecule has 0 saturated carbocycles. The average molecular weight is 532 g/mol. The maximum absolute atomic E-state index is 12.6. The van der Waals surface area contributed by atoms with Crippen LogP contribution in [0, 0.1) is 0 Å². The minimum absolute atomic E-state index is 0.0720. The summed E-state index contributed by atoms with van der Waals surface area (Å²) in [6, 6.07) is 16.5. The Morgan fingerprint density at radius 2 is 1.72 bits per heavy atom. The normalized spacial score (nSPS) is 14.7. The van der Waals surface area contributed by atoms with Gasteiger partial charge in [-0.2, -0.15) is 0 Å². The minimum Gasteiger partial charge on any atom is -0.293 e. The van der Waals surface area contributed by atoms with Crippen molar-refractivity contribution in [2.45, 2.75) is 25.7 Å². The molecule has 1 saturated heterocycles. The Bertz CT molecular complexity index is 1030. The summed E-state index contributed by atoms with van der Waals surface area (Å²) in [4.78, 5) is 38.8. The van der Waals surface area contributed by atoms with Crippen LogP contribution in [-0.2, 0) is 9.59 Å². The van der Waals surface area contributed by atoms with Crippen LogP contribution in [0.15, 0.2) is 64.0 Å². The fourth-order valence-corrected chi connectivity index (χ4v) is 4.56. The number of nitrogens with one attached hydrogen (secondary N) is 2. The molecule has 0 radical (unpaired) electrons. The van der Waals surface area contributed by atoms with Gasteiger partial charge in [0.25, 0.3) is 11.8 Å². The summed E-state index contributed by atoms with van der Waals surface area (Å²) in [5.41, 5.74) is 6.25. The highest BCUT2D eigenvalue weighted by atomic mass is 79.9. The number of unbranched alkanes of at least 4 members (excludes halogenated alkanes) is 2. The first kappa shape index (κ1) is 24.2. The van der Waals surface area contributed by atoms with Gasteiger partial charge in [0.2, 0.25) is 5.91 Å². The van der Waals surface area contributed by atoms with E-state index in [1.807, 2.05) is 36.4 Å². The molecule has 1 heterocycles. The zero-order valence-electron chi connectivity index (χ0n) is 17.2. The smallest absolute Gasteiger partial charge is 0.269 e. The van der Waals surface area contributed by atoms with Crippen molar-refractivity contribution in [1.29, 1.82) is 0 Å². The lowest BCUT2D eigenvalue weighted by atomic mass is 10.2. The second-order valence-electron chi connectivity index (χ2n) is 7.06. The van der Waals surface area contributed by atoms with Crippen molar-refractivity contribution in [2.75, 3.05) is 6.54 Å². The molecular formula is C23H22BrN3O3S2. The lowest BCUT2D eigenvalue weighted by molar-refractivity contribution is -0.123. The number of hydrogen-bond acceptors (Lipinski definition) is 5. The van der Waals surface area contributed by atoms with Crippen LogP contribution in [0.5, 0.6) is 0 Å². The van der Waals surface area contributed by atoms with E-state index in [0.29, 0.717) is 27.8 Å².